The van der Waals surface area contributed by atoms with Crippen molar-refractivity contribution in [3.8, 4) is 6.07 Å². The zero-order valence-electron chi connectivity index (χ0n) is 10.2. The van der Waals surface area contributed by atoms with E-state index in [-0.39, 0.29) is 0 Å². The maximum Gasteiger partial charge on any atom is 0.130 e. The van der Waals surface area contributed by atoms with E-state index in [9.17, 15) is 5.26 Å². The summed E-state index contributed by atoms with van der Waals surface area (Å²) in [4.78, 5) is 6.78. The second kappa shape index (κ2) is 4.28. The number of aromatic nitrogens is 1. The molecule has 2 heterocycles. The van der Waals surface area contributed by atoms with Crippen molar-refractivity contribution >= 4 is 16.7 Å². The van der Waals surface area contributed by atoms with Crippen LogP contribution in [-0.4, -0.2) is 31.2 Å². The van der Waals surface area contributed by atoms with Crippen LogP contribution in [0.1, 0.15) is 5.56 Å². The number of rotatable bonds is 2. The summed E-state index contributed by atoms with van der Waals surface area (Å²) in [6.07, 6.45) is 0. The van der Waals surface area contributed by atoms with Gasteiger partial charge in [0.1, 0.15) is 5.82 Å². The molecule has 2 aromatic rings. The van der Waals surface area contributed by atoms with Crippen molar-refractivity contribution in [1.29, 1.82) is 5.26 Å². The number of hydrogen-bond donors (Lipinski definition) is 1. The summed E-state index contributed by atoms with van der Waals surface area (Å²) in [5.41, 5.74) is 1.57. The minimum absolute atomic E-state index is 0.477. The summed E-state index contributed by atoms with van der Waals surface area (Å²) >= 11 is 0. The number of pyridine rings is 1. The molecule has 0 bridgehead atoms. The molecule has 1 aliphatic heterocycles. The third kappa shape index (κ3) is 1.69. The van der Waals surface area contributed by atoms with E-state index >= 15 is 0 Å². The van der Waals surface area contributed by atoms with Crippen LogP contribution < -0.4 is 10.2 Å². The van der Waals surface area contributed by atoms with Crippen molar-refractivity contribution < 1.29 is 0 Å². The zero-order valence-corrected chi connectivity index (χ0v) is 10.2. The van der Waals surface area contributed by atoms with Crippen molar-refractivity contribution in [3.63, 3.8) is 0 Å². The third-order valence-corrected chi connectivity index (χ3v) is 3.49. The first-order chi connectivity index (χ1) is 8.79. The normalized spacial score (nSPS) is 15.1. The monoisotopic (exact) mass is 238 g/mol. The standard InChI is InChI=1S/C14H14N4/c1-18(11-8-16-9-11)14-6-10(7-15)12-4-2-3-5-13(12)17-14/h2-6,11,16H,8-9H2,1H3. The first kappa shape index (κ1) is 11.0. The van der Waals surface area contributed by atoms with Crippen LogP contribution in [-0.2, 0) is 0 Å². The van der Waals surface area contributed by atoms with Gasteiger partial charge in [0, 0.05) is 25.5 Å². The van der Waals surface area contributed by atoms with Crippen LogP contribution in [0, 0.1) is 11.3 Å². The van der Waals surface area contributed by atoms with Crippen LogP contribution >= 0.6 is 0 Å². The van der Waals surface area contributed by atoms with Gasteiger partial charge < -0.3 is 10.2 Å². The Morgan fingerprint density at radius 3 is 2.83 bits per heavy atom. The van der Waals surface area contributed by atoms with E-state index in [4.69, 9.17) is 0 Å². The predicted molar refractivity (Wildman–Crippen MR) is 71.5 cm³/mol. The predicted octanol–water partition coefficient (Wildman–Crippen LogP) is 1.51. The first-order valence-corrected chi connectivity index (χ1v) is 6.03. The molecule has 0 saturated carbocycles. The number of hydrogen-bond acceptors (Lipinski definition) is 4. The van der Waals surface area contributed by atoms with Gasteiger partial charge in [0.25, 0.3) is 0 Å². The maximum atomic E-state index is 9.24. The Morgan fingerprint density at radius 1 is 1.39 bits per heavy atom. The average Bonchev–Trinajstić information content (AvgIpc) is 2.35. The van der Waals surface area contributed by atoms with Gasteiger partial charge in [0.15, 0.2) is 0 Å². The highest BCUT2D eigenvalue weighted by atomic mass is 15.3. The highest BCUT2D eigenvalue weighted by molar-refractivity contribution is 5.86. The summed E-state index contributed by atoms with van der Waals surface area (Å²) in [6.45, 7) is 1.96. The topological polar surface area (TPSA) is 52.0 Å². The van der Waals surface area contributed by atoms with Crippen molar-refractivity contribution in [3.05, 3.63) is 35.9 Å². The SMILES string of the molecule is CN(c1cc(C#N)c2ccccc2n1)C1CNC1. The molecule has 3 rings (SSSR count). The molecular weight excluding hydrogens is 224 g/mol. The molecule has 1 aliphatic rings. The Labute approximate surface area is 106 Å². The molecule has 4 heteroatoms. The molecule has 1 saturated heterocycles. The van der Waals surface area contributed by atoms with Gasteiger partial charge in [-0.05, 0) is 12.1 Å². The third-order valence-electron chi connectivity index (χ3n) is 3.49. The van der Waals surface area contributed by atoms with Crippen molar-refractivity contribution in [2.75, 3.05) is 25.0 Å². The lowest BCUT2D eigenvalue weighted by molar-refractivity contribution is 0.427. The smallest absolute Gasteiger partial charge is 0.130 e. The van der Waals surface area contributed by atoms with Gasteiger partial charge in [-0.25, -0.2) is 4.98 Å². The Kier molecular flexibility index (Phi) is 2.62. The Morgan fingerprint density at radius 2 is 2.17 bits per heavy atom. The molecule has 0 spiro atoms. The molecule has 1 aromatic heterocycles. The van der Waals surface area contributed by atoms with Crippen molar-refractivity contribution in [2.45, 2.75) is 6.04 Å². The average molecular weight is 238 g/mol. The first-order valence-electron chi connectivity index (χ1n) is 6.03. The van der Waals surface area contributed by atoms with Crippen molar-refractivity contribution in [2.24, 2.45) is 0 Å². The Balaban J connectivity index is 2.10. The number of para-hydroxylation sites is 1. The second-order valence-corrected chi connectivity index (χ2v) is 4.58. The highest BCUT2D eigenvalue weighted by Crippen LogP contribution is 2.23. The molecule has 18 heavy (non-hydrogen) atoms. The minimum atomic E-state index is 0.477. The molecule has 1 aromatic carbocycles. The molecule has 0 radical (unpaired) electrons. The summed E-state index contributed by atoms with van der Waals surface area (Å²) in [5.74, 6) is 0.872. The van der Waals surface area contributed by atoms with Gasteiger partial charge in [-0.3, -0.25) is 0 Å². The summed E-state index contributed by atoms with van der Waals surface area (Å²) < 4.78 is 0. The lowest BCUT2D eigenvalue weighted by Crippen LogP contribution is -2.56. The fourth-order valence-corrected chi connectivity index (χ4v) is 2.17. The van der Waals surface area contributed by atoms with E-state index in [1.807, 2.05) is 37.4 Å². The van der Waals surface area contributed by atoms with Gasteiger partial charge in [-0.1, -0.05) is 18.2 Å². The van der Waals surface area contributed by atoms with E-state index in [0.717, 1.165) is 29.8 Å². The number of benzene rings is 1. The molecule has 0 aliphatic carbocycles. The van der Waals surface area contributed by atoms with Crippen LogP contribution in [0.3, 0.4) is 0 Å². The number of anilines is 1. The number of nitrogens with one attached hydrogen (secondary N) is 1. The van der Waals surface area contributed by atoms with E-state index < -0.39 is 0 Å². The zero-order chi connectivity index (χ0) is 12.5. The summed E-state index contributed by atoms with van der Waals surface area (Å²) in [7, 11) is 2.03. The summed E-state index contributed by atoms with van der Waals surface area (Å²) in [5, 5.41) is 13.4. The van der Waals surface area contributed by atoms with Crippen LogP contribution in [0.4, 0.5) is 5.82 Å². The second-order valence-electron chi connectivity index (χ2n) is 4.58. The minimum Gasteiger partial charge on any atom is -0.354 e. The largest absolute Gasteiger partial charge is 0.354 e. The quantitative estimate of drug-likeness (QED) is 0.861. The van der Waals surface area contributed by atoms with E-state index in [0.29, 0.717) is 11.6 Å². The molecule has 90 valence electrons. The van der Waals surface area contributed by atoms with E-state index in [2.05, 4.69) is 21.3 Å². The fourth-order valence-electron chi connectivity index (χ4n) is 2.17. The molecule has 1 N–H and O–H groups in total. The van der Waals surface area contributed by atoms with Gasteiger partial charge in [-0.2, -0.15) is 5.26 Å². The Hall–Kier alpha value is -2.12. The fraction of sp³-hybridized carbons (Fsp3) is 0.286. The van der Waals surface area contributed by atoms with Gasteiger partial charge in [0.05, 0.1) is 23.2 Å². The molecule has 4 nitrogen and oxygen atoms in total. The molecule has 0 unspecified atom stereocenters. The lowest BCUT2D eigenvalue weighted by Gasteiger charge is -2.36. The van der Waals surface area contributed by atoms with Crippen LogP contribution in [0.15, 0.2) is 30.3 Å². The maximum absolute atomic E-state index is 9.24. The number of nitrogens with zero attached hydrogens (tertiary/aromatic N) is 3. The molecule has 1 fully saturated rings. The molecular formula is C14H14N4. The van der Waals surface area contributed by atoms with Crippen molar-refractivity contribution in [1.82, 2.24) is 10.3 Å². The number of likely N-dealkylation sites (N-methyl/N-ethyl adjacent to an activating group) is 1. The van der Waals surface area contributed by atoms with Gasteiger partial charge >= 0.3 is 0 Å². The van der Waals surface area contributed by atoms with Crippen LogP contribution in [0.5, 0.6) is 0 Å². The summed E-state index contributed by atoms with van der Waals surface area (Å²) in [6, 6.07) is 12.4. The lowest BCUT2D eigenvalue weighted by atomic mass is 10.1. The van der Waals surface area contributed by atoms with Crippen LogP contribution in [0.2, 0.25) is 0 Å². The van der Waals surface area contributed by atoms with E-state index in [1.165, 1.54) is 0 Å². The molecule has 0 amide bonds. The highest BCUT2D eigenvalue weighted by Gasteiger charge is 2.23. The Bertz CT molecular complexity index is 625. The van der Waals surface area contributed by atoms with Gasteiger partial charge in [0.2, 0.25) is 0 Å². The van der Waals surface area contributed by atoms with E-state index in [1.54, 1.807) is 0 Å². The number of fused-ring (bicyclic) bond motifs is 1. The van der Waals surface area contributed by atoms with Crippen LogP contribution in [0.25, 0.3) is 10.9 Å². The van der Waals surface area contributed by atoms with Gasteiger partial charge in [-0.15, -0.1) is 0 Å². The number of nitriles is 1. The molecule has 0 atom stereocenters.